The SMILES string of the molecule is COc1cc2c(c(CN3CCN[C@@H](C)C3)c1)OC(C)C2.Cl. The largest absolute Gasteiger partial charge is 0.497 e. The molecule has 1 aromatic carbocycles. The van der Waals surface area contributed by atoms with Gasteiger partial charge in [-0.05, 0) is 26.0 Å². The predicted molar refractivity (Wildman–Crippen MR) is 86.8 cm³/mol. The minimum absolute atomic E-state index is 0. The molecule has 3 rings (SSSR count). The molecule has 0 amide bonds. The molecular weight excluding hydrogens is 288 g/mol. The molecule has 21 heavy (non-hydrogen) atoms. The monoisotopic (exact) mass is 312 g/mol. The molecule has 118 valence electrons. The van der Waals surface area contributed by atoms with E-state index in [1.807, 2.05) is 0 Å². The number of nitrogens with zero attached hydrogens (tertiary/aromatic N) is 1. The van der Waals surface area contributed by atoms with Crippen LogP contribution in [0.4, 0.5) is 0 Å². The second-order valence-corrected chi connectivity index (χ2v) is 6.00. The maximum Gasteiger partial charge on any atom is 0.127 e. The first-order valence-corrected chi connectivity index (χ1v) is 7.48. The highest BCUT2D eigenvalue weighted by Crippen LogP contribution is 2.36. The number of benzene rings is 1. The van der Waals surface area contributed by atoms with E-state index < -0.39 is 0 Å². The fourth-order valence-corrected chi connectivity index (χ4v) is 3.21. The van der Waals surface area contributed by atoms with Gasteiger partial charge in [-0.25, -0.2) is 0 Å². The summed E-state index contributed by atoms with van der Waals surface area (Å²) >= 11 is 0. The minimum atomic E-state index is 0. The van der Waals surface area contributed by atoms with Crippen LogP contribution >= 0.6 is 12.4 Å². The number of nitrogens with one attached hydrogen (secondary N) is 1. The predicted octanol–water partition coefficient (Wildman–Crippen LogP) is 2.23. The Kier molecular flexibility index (Phi) is 5.36. The van der Waals surface area contributed by atoms with Crippen LogP contribution in [0.25, 0.3) is 0 Å². The first-order chi connectivity index (χ1) is 9.65. The van der Waals surface area contributed by atoms with Crippen LogP contribution < -0.4 is 14.8 Å². The van der Waals surface area contributed by atoms with Crippen molar-refractivity contribution in [3.8, 4) is 11.5 Å². The summed E-state index contributed by atoms with van der Waals surface area (Å²) in [4.78, 5) is 2.49. The molecule has 0 bridgehead atoms. The van der Waals surface area contributed by atoms with E-state index >= 15 is 0 Å². The van der Waals surface area contributed by atoms with Gasteiger partial charge in [0.2, 0.25) is 0 Å². The van der Waals surface area contributed by atoms with Crippen LogP contribution in [-0.4, -0.2) is 43.8 Å². The van der Waals surface area contributed by atoms with Gasteiger partial charge in [-0.15, -0.1) is 12.4 Å². The van der Waals surface area contributed by atoms with Gasteiger partial charge in [-0.1, -0.05) is 0 Å². The number of methoxy groups -OCH3 is 1. The van der Waals surface area contributed by atoms with Gasteiger partial charge < -0.3 is 14.8 Å². The number of hydrogen-bond donors (Lipinski definition) is 1. The Morgan fingerprint density at radius 3 is 2.90 bits per heavy atom. The molecule has 2 aliphatic rings. The Bertz CT molecular complexity index is 495. The molecule has 0 radical (unpaired) electrons. The zero-order valence-corrected chi connectivity index (χ0v) is 13.8. The second kappa shape index (κ2) is 6.86. The van der Waals surface area contributed by atoms with Gasteiger partial charge in [0.15, 0.2) is 0 Å². The average molecular weight is 313 g/mol. The fourth-order valence-electron chi connectivity index (χ4n) is 3.21. The van der Waals surface area contributed by atoms with Crippen LogP contribution in [-0.2, 0) is 13.0 Å². The molecule has 0 saturated carbocycles. The van der Waals surface area contributed by atoms with Crippen molar-refractivity contribution in [3.05, 3.63) is 23.3 Å². The van der Waals surface area contributed by atoms with Gasteiger partial charge in [-0.3, -0.25) is 4.90 Å². The zero-order valence-electron chi connectivity index (χ0n) is 13.0. The molecule has 1 aromatic rings. The molecule has 1 unspecified atom stereocenters. The van der Waals surface area contributed by atoms with Gasteiger partial charge in [-0.2, -0.15) is 0 Å². The van der Waals surface area contributed by atoms with Crippen LogP contribution in [0.2, 0.25) is 0 Å². The third-order valence-electron chi connectivity index (χ3n) is 4.13. The highest BCUT2D eigenvalue weighted by atomic mass is 35.5. The van der Waals surface area contributed by atoms with Crippen LogP contribution in [0.1, 0.15) is 25.0 Å². The molecule has 2 atom stereocenters. The Labute approximate surface area is 133 Å². The maximum absolute atomic E-state index is 6.01. The van der Waals surface area contributed by atoms with Crippen LogP contribution in [0.15, 0.2) is 12.1 Å². The van der Waals surface area contributed by atoms with Crippen molar-refractivity contribution in [1.29, 1.82) is 0 Å². The molecule has 4 nitrogen and oxygen atoms in total. The topological polar surface area (TPSA) is 33.7 Å². The summed E-state index contributed by atoms with van der Waals surface area (Å²) in [5.41, 5.74) is 2.55. The van der Waals surface area contributed by atoms with E-state index in [2.05, 4.69) is 36.2 Å². The molecule has 1 N–H and O–H groups in total. The lowest BCUT2D eigenvalue weighted by molar-refractivity contribution is 0.193. The van der Waals surface area contributed by atoms with Crippen molar-refractivity contribution in [2.75, 3.05) is 26.7 Å². The highest BCUT2D eigenvalue weighted by Gasteiger charge is 2.25. The number of rotatable bonds is 3. The van der Waals surface area contributed by atoms with Crippen molar-refractivity contribution in [3.63, 3.8) is 0 Å². The van der Waals surface area contributed by atoms with Crippen molar-refractivity contribution < 1.29 is 9.47 Å². The minimum Gasteiger partial charge on any atom is -0.497 e. The van der Waals surface area contributed by atoms with E-state index in [9.17, 15) is 0 Å². The van der Waals surface area contributed by atoms with Crippen molar-refractivity contribution in [1.82, 2.24) is 10.2 Å². The van der Waals surface area contributed by atoms with E-state index in [0.717, 1.165) is 44.1 Å². The summed E-state index contributed by atoms with van der Waals surface area (Å²) in [6, 6.07) is 4.80. The van der Waals surface area contributed by atoms with E-state index in [0.29, 0.717) is 6.04 Å². The van der Waals surface area contributed by atoms with E-state index in [4.69, 9.17) is 9.47 Å². The van der Waals surface area contributed by atoms with Gasteiger partial charge in [0.1, 0.15) is 17.6 Å². The quantitative estimate of drug-likeness (QED) is 0.928. The van der Waals surface area contributed by atoms with Gasteiger partial charge in [0.05, 0.1) is 7.11 Å². The lowest BCUT2D eigenvalue weighted by Gasteiger charge is -2.32. The lowest BCUT2D eigenvalue weighted by atomic mass is 10.0. The summed E-state index contributed by atoms with van der Waals surface area (Å²) in [6.45, 7) is 8.54. The molecular formula is C16H25ClN2O2. The number of fused-ring (bicyclic) bond motifs is 1. The number of halogens is 1. The van der Waals surface area contributed by atoms with Gasteiger partial charge in [0.25, 0.3) is 0 Å². The van der Waals surface area contributed by atoms with Crippen molar-refractivity contribution in [2.24, 2.45) is 0 Å². The number of hydrogen-bond acceptors (Lipinski definition) is 4. The molecule has 2 heterocycles. The first-order valence-electron chi connectivity index (χ1n) is 7.48. The van der Waals surface area contributed by atoms with Crippen molar-refractivity contribution >= 4 is 12.4 Å². The van der Waals surface area contributed by atoms with Crippen LogP contribution in [0.3, 0.4) is 0 Å². The smallest absolute Gasteiger partial charge is 0.127 e. The van der Waals surface area contributed by atoms with Crippen molar-refractivity contribution in [2.45, 2.75) is 39.0 Å². The van der Waals surface area contributed by atoms with Gasteiger partial charge >= 0.3 is 0 Å². The first kappa shape index (κ1) is 16.4. The molecule has 0 aliphatic carbocycles. The Balaban J connectivity index is 0.00000161. The lowest BCUT2D eigenvalue weighted by Crippen LogP contribution is -2.48. The summed E-state index contributed by atoms with van der Waals surface area (Å²) in [7, 11) is 1.73. The van der Waals surface area contributed by atoms with Crippen LogP contribution in [0.5, 0.6) is 11.5 Å². The maximum atomic E-state index is 6.01. The molecule has 2 aliphatic heterocycles. The molecule has 0 spiro atoms. The molecule has 1 fully saturated rings. The number of ether oxygens (including phenoxy) is 2. The normalized spacial score (nSPS) is 24.9. The second-order valence-electron chi connectivity index (χ2n) is 6.00. The van der Waals surface area contributed by atoms with E-state index in [1.165, 1.54) is 11.1 Å². The third kappa shape index (κ3) is 3.62. The van der Waals surface area contributed by atoms with E-state index in [1.54, 1.807) is 7.11 Å². The van der Waals surface area contributed by atoms with Gasteiger partial charge in [0, 0.05) is 49.8 Å². The van der Waals surface area contributed by atoms with Crippen LogP contribution in [0, 0.1) is 0 Å². The number of piperazine rings is 1. The summed E-state index contributed by atoms with van der Waals surface area (Å²) in [6.07, 6.45) is 1.26. The molecule has 0 aromatic heterocycles. The highest BCUT2D eigenvalue weighted by molar-refractivity contribution is 5.85. The third-order valence-corrected chi connectivity index (χ3v) is 4.13. The standard InChI is InChI=1S/C16H24N2O2.ClH/c1-11-9-18(5-4-17-11)10-14-8-15(19-3)7-13-6-12(2)20-16(13)14;/h7-8,11-12,17H,4-6,9-10H2,1-3H3;1H/t11-,12?;/m0./s1. The van der Waals surface area contributed by atoms with E-state index in [-0.39, 0.29) is 18.5 Å². The average Bonchev–Trinajstić information content (AvgIpc) is 2.79. The molecule has 1 saturated heterocycles. The zero-order chi connectivity index (χ0) is 14.1. The summed E-state index contributed by atoms with van der Waals surface area (Å²) < 4.78 is 11.4. The Morgan fingerprint density at radius 2 is 2.19 bits per heavy atom. The molecule has 5 heteroatoms. The summed E-state index contributed by atoms with van der Waals surface area (Å²) in [5, 5.41) is 3.48. The fraction of sp³-hybridized carbons (Fsp3) is 0.625. The summed E-state index contributed by atoms with van der Waals surface area (Å²) in [5.74, 6) is 2.03. The Hall–Kier alpha value is -0.970. The Morgan fingerprint density at radius 1 is 1.38 bits per heavy atom.